The van der Waals surface area contributed by atoms with E-state index in [2.05, 4.69) is 19.9 Å². The van der Waals surface area contributed by atoms with E-state index in [1.807, 2.05) is 0 Å². The van der Waals surface area contributed by atoms with E-state index in [9.17, 15) is 8.78 Å². The highest BCUT2D eigenvalue weighted by atomic mass is 19.1. The molecule has 0 bridgehead atoms. The molecular formula is C13H8F2N4O. The molecule has 0 saturated heterocycles. The SMILES string of the molecule is Fc1ccc(F)c2oc(C3=NCCc4[nH]cnc43)nc12. The molecule has 0 unspecified atom stereocenters. The molecule has 4 rings (SSSR count). The summed E-state index contributed by atoms with van der Waals surface area (Å²) in [6.45, 7) is 0.550. The monoisotopic (exact) mass is 274 g/mol. The summed E-state index contributed by atoms with van der Waals surface area (Å²) in [7, 11) is 0. The average Bonchev–Trinajstić information content (AvgIpc) is 3.09. The molecule has 20 heavy (non-hydrogen) atoms. The second-order valence-corrected chi connectivity index (χ2v) is 4.44. The van der Waals surface area contributed by atoms with E-state index in [1.54, 1.807) is 6.33 Å². The Hall–Kier alpha value is -2.57. The first-order valence-electron chi connectivity index (χ1n) is 6.06. The van der Waals surface area contributed by atoms with Crippen LogP contribution in [0, 0.1) is 11.6 Å². The highest BCUT2D eigenvalue weighted by Gasteiger charge is 2.24. The first-order valence-corrected chi connectivity index (χ1v) is 6.06. The summed E-state index contributed by atoms with van der Waals surface area (Å²) in [5, 5.41) is 0. The topological polar surface area (TPSA) is 67.1 Å². The maximum absolute atomic E-state index is 13.6. The molecule has 0 radical (unpaired) electrons. The molecule has 100 valence electrons. The van der Waals surface area contributed by atoms with Crippen molar-refractivity contribution in [2.75, 3.05) is 6.54 Å². The van der Waals surface area contributed by atoms with Crippen molar-refractivity contribution in [3.8, 4) is 0 Å². The Morgan fingerprint density at radius 3 is 2.90 bits per heavy atom. The van der Waals surface area contributed by atoms with Gasteiger partial charge in [0.1, 0.15) is 16.9 Å². The average molecular weight is 274 g/mol. The number of aromatic nitrogens is 3. The molecule has 2 aromatic heterocycles. The fraction of sp³-hybridized carbons (Fsp3) is 0.154. The van der Waals surface area contributed by atoms with Crippen LogP contribution in [0.25, 0.3) is 11.1 Å². The largest absolute Gasteiger partial charge is 0.431 e. The van der Waals surface area contributed by atoms with Gasteiger partial charge in [-0.25, -0.2) is 18.7 Å². The van der Waals surface area contributed by atoms with Gasteiger partial charge in [0.05, 0.1) is 6.33 Å². The zero-order chi connectivity index (χ0) is 13.7. The summed E-state index contributed by atoms with van der Waals surface area (Å²) >= 11 is 0. The van der Waals surface area contributed by atoms with E-state index in [-0.39, 0.29) is 17.0 Å². The van der Waals surface area contributed by atoms with Crippen molar-refractivity contribution in [3.05, 3.63) is 47.4 Å². The van der Waals surface area contributed by atoms with Crippen molar-refractivity contribution in [2.24, 2.45) is 4.99 Å². The third kappa shape index (κ3) is 1.49. The van der Waals surface area contributed by atoms with E-state index in [0.29, 0.717) is 18.0 Å². The van der Waals surface area contributed by atoms with Crippen LogP contribution in [0.5, 0.6) is 0 Å². The lowest BCUT2D eigenvalue weighted by atomic mass is 10.1. The number of hydrogen-bond acceptors (Lipinski definition) is 4. The second-order valence-electron chi connectivity index (χ2n) is 4.44. The number of nitrogens with zero attached hydrogens (tertiary/aromatic N) is 3. The zero-order valence-electron chi connectivity index (χ0n) is 10.2. The van der Waals surface area contributed by atoms with Gasteiger partial charge in [0.2, 0.25) is 5.89 Å². The summed E-state index contributed by atoms with van der Waals surface area (Å²) in [6.07, 6.45) is 2.29. The Morgan fingerprint density at radius 1 is 1.20 bits per heavy atom. The van der Waals surface area contributed by atoms with Crippen LogP contribution in [-0.4, -0.2) is 27.2 Å². The third-order valence-electron chi connectivity index (χ3n) is 3.22. The normalized spacial score (nSPS) is 14.4. The quantitative estimate of drug-likeness (QED) is 0.739. The minimum atomic E-state index is -0.654. The van der Waals surface area contributed by atoms with E-state index >= 15 is 0 Å². The number of aliphatic imine (C=N–C) groups is 1. The van der Waals surface area contributed by atoms with Gasteiger partial charge in [0.25, 0.3) is 0 Å². The lowest BCUT2D eigenvalue weighted by Gasteiger charge is -2.08. The predicted molar refractivity (Wildman–Crippen MR) is 66.7 cm³/mol. The van der Waals surface area contributed by atoms with E-state index < -0.39 is 11.6 Å². The van der Waals surface area contributed by atoms with Crippen molar-refractivity contribution in [1.29, 1.82) is 0 Å². The molecule has 0 fully saturated rings. The second kappa shape index (κ2) is 3.96. The van der Waals surface area contributed by atoms with Gasteiger partial charge in [0.15, 0.2) is 17.2 Å². The van der Waals surface area contributed by atoms with Crippen LogP contribution in [0.3, 0.4) is 0 Å². The summed E-state index contributed by atoms with van der Waals surface area (Å²) in [6, 6.07) is 2.03. The predicted octanol–water partition coefficient (Wildman–Crippen LogP) is 2.22. The summed E-state index contributed by atoms with van der Waals surface area (Å²) < 4.78 is 32.6. The van der Waals surface area contributed by atoms with Crippen LogP contribution >= 0.6 is 0 Å². The van der Waals surface area contributed by atoms with Crippen LogP contribution in [0.4, 0.5) is 8.78 Å². The minimum Gasteiger partial charge on any atom is -0.431 e. The molecular weight excluding hydrogens is 266 g/mol. The highest BCUT2D eigenvalue weighted by molar-refractivity contribution is 6.10. The number of nitrogens with one attached hydrogen (secondary N) is 1. The summed E-state index contributed by atoms with van der Waals surface area (Å²) in [5.74, 6) is -1.20. The maximum Gasteiger partial charge on any atom is 0.248 e. The number of hydrogen-bond donors (Lipinski definition) is 1. The van der Waals surface area contributed by atoms with E-state index in [0.717, 1.165) is 24.2 Å². The molecule has 0 spiro atoms. The molecule has 1 aliphatic rings. The van der Waals surface area contributed by atoms with Crippen LogP contribution in [0.1, 0.15) is 17.3 Å². The molecule has 0 amide bonds. The Balaban J connectivity index is 1.94. The lowest BCUT2D eigenvalue weighted by Crippen LogP contribution is -2.14. The Labute approximate surface area is 111 Å². The zero-order valence-corrected chi connectivity index (χ0v) is 10.2. The fourth-order valence-corrected chi connectivity index (χ4v) is 2.29. The first-order chi connectivity index (χ1) is 9.74. The van der Waals surface area contributed by atoms with Gasteiger partial charge in [-0.05, 0) is 12.1 Å². The molecule has 3 aromatic rings. The fourth-order valence-electron chi connectivity index (χ4n) is 2.29. The van der Waals surface area contributed by atoms with Gasteiger partial charge in [-0.3, -0.25) is 4.99 Å². The van der Waals surface area contributed by atoms with Crippen molar-refractivity contribution in [2.45, 2.75) is 6.42 Å². The summed E-state index contributed by atoms with van der Waals surface area (Å²) in [4.78, 5) is 15.5. The van der Waals surface area contributed by atoms with Gasteiger partial charge in [-0.1, -0.05) is 0 Å². The van der Waals surface area contributed by atoms with Crippen LogP contribution in [0.15, 0.2) is 27.9 Å². The summed E-state index contributed by atoms with van der Waals surface area (Å²) in [5.41, 5.74) is 1.61. The number of imidazole rings is 1. The van der Waals surface area contributed by atoms with Gasteiger partial charge in [-0.15, -0.1) is 0 Å². The Bertz CT molecular complexity index is 810. The van der Waals surface area contributed by atoms with Crippen molar-refractivity contribution >= 4 is 16.8 Å². The van der Waals surface area contributed by atoms with Crippen molar-refractivity contribution in [3.63, 3.8) is 0 Å². The molecule has 1 aliphatic heterocycles. The smallest absolute Gasteiger partial charge is 0.248 e. The van der Waals surface area contributed by atoms with Crippen molar-refractivity contribution in [1.82, 2.24) is 15.0 Å². The standard InChI is InChI=1S/C13H8F2N4O/c14-6-1-2-7(15)12-9(6)19-13(20-12)11-10-8(3-4-16-11)17-5-18-10/h1-2,5H,3-4H2,(H,17,18). The van der Waals surface area contributed by atoms with Crippen LogP contribution < -0.4 is 0 Å². The Morgan fingerprint density at radius 2 is 2.05 bits per heavy atom. The number of rotatable bonds is 1. The minimum absolute atomic E-state index is 0.0806. The van der Waals surface area contributed by atoms with E-state index in [1.165, 1.54) is 0 Å². The van der Waals surface area contributed by atoms with Crippen molar-refractivity contribution < 1.29 is 13.2 Å². The number of fused-ring (bicyclic) bond motifs is 2. The van der Waals surface area contributed by atoms with Crippen LogP contribution in [-0.2, 0) is 6.42 Å². The van der Waals surface area contributed by atoms with Gasteiger partial charge >= 0.3 is 0 Å². The number of aromatic amines is 1. The third-order valence-corrected chi connectivity index (χ3v) is 3.22. The highest BCUT2D eigenvalue weighted by Crippen LogP contribution is 2.24. The molecule has 5 nitrogen and oxygen atoms in total. The van der Waals surface area contributed by atoms with E-state index in [4.69, 9.17) is 4.42 Å². The molecule has 1 N–H and O–H groups in total. The molecule has 3 heterocycles. The maximum atomic E-state index is 13.6. The molecule has 0 atom stereocenters. The number of H-pyrrole nitrogens is 1. The van der Waals surface area contributed by atoms with Gasteiger partial charge in [-0.2, -0.15) is 0 Å². The number of halogens is 2. The molecule has 0 saturated carbocycles. The first kappa shape index (κ1) is 11.3. The number of benzene rings is 1. The van der Waals surface area contributed by atoms with Gasteiger partial charge in [0, 0.05) is 18.7 Å². The van der Waals surface area contributed by atoms with Gasteiger partial charge < -0.3 is 9.40 Å². The lowest BCUT2D eigenvalue weighted by molar-refractivity contribution is 0.544. The Kier molecular flexibility index (Phi) is 2.23. The molecule has 1 aromatic carbocycles. The molecule has 0 aliphatic carbocycles. The van der Waals surface area contributed by atoms with Crippen LogP contribution in [0.2, 0.25) is 0 Å². The number of oxazole rings is 1. The molecule has 7 heteroatoms.